The van der Waals surface area contributed by atoms with Crippen LogP contribution in [0.15, 0.2) is 65.6 Å². The van der Waals surface area contributed by atoms with Gasteiger partial charge in [-0.25, -0.2) is 8.42 Å². The van der Waals surface area contributed by atoms with Gasteiger partial charge in [0, 0.05) is 29.7 Å². The molecule has 1 fully saturated rings. The lowest BCUT2D eigenvalue weighted by Gasteiger charge is -2.26. The van der Waals surface area contributed by atoms with Crippen LogP contribution in [0.1, 0.15) is 15.9 Å². The molecule has 4 rings (SSSR count). The Morgan fingerprint density at radius 3 is 2.52 bits per heavy atom. The molecule has 1 amide bonds. The van der Waals surface area contributed by atoms with E-state index in [9.17, 15) is 13.2 Å². The van der Waals surface area contributed by atoms with Gasteiger partial charge in [-0.1, -0.05) is 42.5 Å². The molecule has 0 aromatic heterocycles. The van der Waals surface area contributed by atoms with Gasteiger partial charge in [0.1, 0.15) is 0 Å². The molecule has 3 aromatic carbocycles. The summed E-state index contributed by atoms with van der Waals surface area (Å²) in [5.74, 6) is -0.347. The Balaban J connectivity index is 1.65. The standard InChI is InChI=1S/C22H22N2O4S/c1-16-9-10-18(15-21(16)29(26,27)24-11-13-28-14-12-24)22(25)23-20-8-4-6-17-5-2-3-7-19(17)20/h2-10,15H,11-14H2,1H3,(H,23,25). The maximum atomic E-state index is 13.1. The van der Waals surface area contributed by atoms with Gasteiger partial charge < -0.3 is 10.1 Å². The molecule has 1 aliphatic heterocycles. The van der Waals surface area contributed by atoms with E-state index in [1.165, 1.54) is 10.4 Å². The van der Waals surface area contributed by atoms with Gasteiger partial charge in [0.05, 0.1) is 18.1 Å². The average molecular weight is 410 g/mol. The predicted octanol–water partition coefficient (Wildman–Crippen LogP) is 3.42. The van der Waals surface area contributed by atoms with Crippen molar-refractivity contribution in [3.05, 3.63) is 71.8 Å². The van der Waals surface area contributed by atoms with E-state index in [1.807, 2.05) is 42.5 Å². The highest BCUT2D eigenvalue weighted by Gasteiger charge is 2.28. The molecular weight excluding hydrogens is 388 g/mol. The zero-order valence-electron chi connectivity index (χ0n) is 16.1. The summed E-state index contributed by atoms with van der Waals surface area (Å²) in [5, 5.41) is 4.86. The quantitative estimate of drug-likeness (QED) is 0.715. The maximum absolute atomic E-state index is 13.1. The third kappa shape index (κ3) is 3.89. The number of benzene rings is 3. The van der Waals surface area contributed by atoms with Crippen molar-refractivity contribution >= 4 is 32.4 Å². The molecule has 0 saturated carbocycles. The van der Waals surface area contributed by atoms with Crippen LogP contribution in [0, 0.1) is 6.92 Å². The lowest BCUT2D eigenvalue weighted by Crippen LogP contribution is -2.40. The highest BCUT2D eigenvalue weighted by Crippen LogP contribution is 2.25. The minimum Gasteiger partial charge on any atom is -0.379 e. The number of aryl methyl sites for hydroxylation is 1. The second-order valence-electron chi connectivity index (χ2n) is 6.98. The van der Waals surface area contributed by atoms with E-state index in [2.05, 4.69) is 5.32 Å². The van der Waals surface area contributed by atoms with E-state index in [-0.39, 0.29) is 10.8 Å². The van der Waals surface area contributed by atoms with E-state index in [0.29, 0.717) is 43.1 Å². The Morgan fingerprint density at radius 2 is 1.72 bits per heavy atom. The number of sulfonamides is 1. The van der Waals surface area contributed by atoms with Crippen molar-refractivity contribution < 1.29 is 17.9 Å². The minimum atomic E-state index is -3.68. The Bertz CT molecular complexity index is 1160. The summed E-state index contributed by atoms with van der Waals surface area (Å²) in [5.41, 5.74) is 1.60. The molecule has 1 aliphatic rings. The first-order valence-electron chi connectivity index (χ1n) is 9.44. The number of anilines is 1. The van der Waals surface area contributed by atoms with Crippen LogP contribution in [0.3, 0.4) is 0 Å². The van der Waals surface area contributed by atoms with Gasteiger partial charge in [0.25, 0.3) is 5.91 Å². The first kappa shape index (κ1) is 19.6. The lowest BCUT2D eigenvalue weighted by atomic mass is 10.1. The normalized spacial score (nSPS) is 15.3. The SMILES string of the molecule is Cc1ccc(C(=O)Nc2cccc3ccccc23)cc1S(=O)(=O)N1CCOCC1. The molecule has 0 unspecified atom stereocenters. The largest absolute Gasteiger partial charge is 0.379 e. The molecule has 1 N–H and O–H groups in total. The lowest BCUT2D eigenvalue weighted by molar-refractivity contribution is 0.0730. The van der Waals surface area contributed by atoms with E-state index in [1.54, 1.807) is 19.1 Å². The Morgan fingerprint density at radius 1 is 1.00 bits per heavy atom. The smallest absolute Gasteiger partial charge is 0.255 e. The minimum absolute atomic E-state index is 0.157. The summed E-state index contributed by atoms with van der Waals surface area (Å²) >= 11 is 0. The molecule has 0 atom stereocenters. The second kappa shape index (κ2) is 7.94. The maximum Gasteiger partial charge on any atom is 0.255 e. The number of carbonyl (C=O) groups is 1. The molecule has 1 heterocycles. The van der Waals surface area contributed by atoms with Crippen LogP contribution in [0.25, 0.3) is 10.8 Å². The number of carbonyl (C=O) groups excluding carboxylic acids is 1. The molecule has 0 radical (unpaired) electrons. The zero-order chi connectivity index (χ0) is 20.4. The summed E-state index contributed by atoms with van der Waals surface area (Å²) in [4.78, 5) is 13.0. The van der Waals surface area contributed by atoms with Crippen LogP contribution in [-0.4, -0.2) is 44.9 Å². The fraction of sp³-hybridized carbons (Fsp3) is 0.227. The summed E-state index contributed by atoms with van der Waals surface area (Å²) in [6.07, 6.45) is 0. The highest BCUT2D eigenvalue weighted by atomic mass is 32.2. The van der Waals surface area contributed by atoms with Crippen LogP contribution in [0.2, 0.25) is 0 Å². The van der Waals surface area contributed by atoms with Crippen molar-refractivity contribution in [3.8, 4) is 0 Å². The third-order valence-electron chi connectivity index (χ3n) is 5.08. The van der Waals surface area contributed by atoms with Gasteiger partial charge in [-0.05, 0) is 36.1 Å². The number of rotatable bonds is 4. The fourth-order valence-electron chi connectivity index (χ4n) is 3.47. The number of morpholine rings is 1. The van der Waals surface area contributed by atoms with Crippen LogP contribution in [0.5, 0.6) is 0 Å². The van der Waals surface area contributed by atoms with Crippen LogP contribution >= 0.6 is 0 Å². The van der Waals surface area contributed by atoms with Crippen molar-refractivity contribution in [2.45, 2.75) is 11.8 Å². The molecule has 150 valence electrons. The Kier molecular flexibility index (Phi) is 5.36. The molecule has 6 nitrogen and oxygen atoms in total. The molecule has 29 heavy (non-hydrogen) atoms. The molecule has 0 bridgehead atoms. The monoisotopic (exact) mass is 410 g/mol. The van der Waals surface area contributed by atoms with Gasteiger partial charge >= 0.3 is 0 Å². The first-order chi connectivity index (χ1) is 14.0. The van der Waals surface area contributed by atoms with E-state index in [4.69, 9.17) is 4.74 Å². The molecule has 0 aliphatic carbocycles. The van der Waals surface area contributed by atoms with Crippen molar-refractivity contribution in [1.29, 1.82) is 0 Å². The van der Waals surface area contributed by atoms with Crippen molar-refractivity contribution in [3.63, 3.8) is 0 Å². The molecule has 0 spiro atoms. The Hall–Kier alpha value is -2.74. The Labute approximate surface area is 170 Å². The summed E-state index contributed by atoms with van der Waals surface area (Å²) in [6, 6.07) is 18.2. The summed E-state index contributed by atoms with van der Waals surface area (Å²) in [6.45, 7) is 3.11. The highest BCUT2D eigenvalue weighted by molar-refractivity contribution is 7.89. The van der Waals surface area contributed by atoms with E-state index >= 15 is 0 Å². The molecule has 7 heteroatoms. The van der Waals surface area contributed by atoms with Gasteiger partial charge in [-0.15, -0.1) is 0 Å². The number of nitrogens with one attached hydrogen (secondary N) is 1. The van der Waals surface area contributed by atoms with Crippen LogP contribution in [0.4, 0.5) is 5.69 Å². The van der Waals surface area contributed by atoms with Crippen molar-refractivity contribution in [1.82, 2.24) is 4.31 Å². The van der Waals surface area contributed by atoms with Gasteiger partial charge in [-0.2, -0.15) is 4.31 Å². The number of nitrogens with zero attached hydrogens (tertiary/aromatic N) is 1. The van der Waals surface area contributed by atoms with E-state index in [0.717, 1.165) is 10.8 Å². The predicted molar refractivity (Wildman–Crippen MR) is 113 cm³/mol. The second-order valence-corrected chi connectivity index (χ2v) is 8.88. The van der Waals surface area contributed by atoms with Gasteiger partial charge in [-0.3, -0.25) is 4.79 Å². The topological polar surface area (TPSA) is 75.7 Å². The van der Waals surface area contributed by atoms with Gasteiger partial charge in [0.15, 0.2) is 0 Å². The fourth-order valence-corrected chi connectivity index (χ4v) is 5.13. The van der Waals surface area contributed by atoms with Gasteiger partial charge in [0.2, 0.25) is 10.0 Å². The number of fused-ring (bicyclic) bond motifs is 1. The first-order valence-corrected chi connectivity index (χ1v) is 10.9. The van der Waals surface area contributed by atoms with Crippen molar-refractivity contribution in [2.75, 3.05) is 31.6 Å². The van der Waals surface area contributed by atoms with E-state index < -0.39 is 10.0 Å². The number of amides is 1. The molecule has 3 aromatic rings. The molecule has 1 saturated heterocycles. The average Bonchev–Trinajstić information content (AvgIpc) is 2.75. The van der Waals surface area contributed by atoms with Crippen molar-refractivity contribution in [2.24, 2.45) is 0 Å². The number of ether oxygens (including phenoxy) is 1. The number of hydrogen-bond donors (Lipinski definition) is 1. The summed E-state index contributed by atoms with van der Waals surface area (Å²) in [7, 11) is -3.68. The molecular formula is C22H22N2O4S. The summed E-state index contributed by atoms with van der Waals surface area (Å²) < 4.78 is 32.8. The number of hydrogen-bond acceptors (Lipinski definition) is 4. The van der Waals surface area contributed by atoms with Crippen LogP contribution < -0.4 is 5.32 Å². The zero-order valence-corrected chi connectivity index (χ0v) is 16.9. The third-order valence-corrected chi connectivity index (χ3v) is 7.12. The van der Waals surface area contributed by atoms with Crippen LogP contribution in [-0.2, 0) is 14.8 Å².